The number of carbonyl (C=O) groups excluding carboxylic acids is 3. The summed E-state index contributed by atoms with van der Waals surface area (Å²) >= 11 is 0. The largest absolute Gasteiger partial charge is 0.481 e. The summed E-state index contributed by atoms with van der Waals surface area (Å²) < 4.78 is 6.39. The van der Waals surface area contributed by atoms with Gasteiger partial charge in [-0.15, -0.1) is 0 Å². The molecule has 1 aromatic rings. The highest BCUT2D eigenvalue weighted by Gasteiger charge is 2.33. The van der Waals surface area contributed by atoms with Gasteiger partial charge in [0.05, 0.1) is 7.11 Å². The molecule has 0 fully saturated rings. The molecule has 0 aliphatic carbocycles. The minimum atomic E-state index is -1.24. The third-order valence-electron chi connectivity index (χ3n) is 2.90. The van der Waals surface area contributed by atoms with E-state index in [1.807, 2.05) is 0 Å². The Labute approximate surface area is 111 Å². The highest BCUT2D eigenvalue weighted by atomic mass is 16.5. The van der Waals surface area contributed by atoms with Gasteiger partial charge in [0, 0.05) is 26.0 Å². The maximum atomic E-state index is 12.3. The molecule has 0 bridgehead atoms. The number of methoxy groups -OCH3 is 1. The first-order valence-corrected chi connectivity index (χ1v) is 6.13. The quantitative estimate of drug-likeness (QED) is 0.547. The van der Waals surface area contributed by atoms with Gasteiger partial charge in [-0.3, -0.25) is 14.4 Å². The van der Waals surface area contributed by atoms with Crippen LogP contribution in [0.4, 0.5) is 0 Å². The molecule has 0 N–H and O–H groups in total. The summed E-state index contributed by atoms with van der Waals surface area (Å²) in [7, 11) is 3.07. The number of rotatable bonds is 7. The van der Waals surface area contributed by atoms with E-state index in [-0.39, 0.29) is 30.1 Å². The number of hydrogen-bond acceptors (Lipinski definition) is 5. The summed E-state index contributed by atoms with van der Waals surface area (Å²) in [5, 5.41) is 3.97. The highest BCUT2D eigenvalue weighted by molar-refractivity contribution is 6.23. The fourth-order valence-electron chi connectivity index (χ4n) is 1.79. The number of Topliss-reactive ketones (excluding diaryl/α,β-unsaturated/α-hetero) is 3. The first kappa shape index (κ1) is 15.1. The van der Waals surface area contributed by atoms with Crippen LogP contribution in [-0.2, 0) is 16.6 Å². The molecule has 0 amide bonds. The van der Waals surface area contributed by atoms with Crippen LogP contribution in [0, 0.1) is 5.92 Å². The zero-order chi connectivity index (χ0) is 14.6. The van der Waals surface area contributed by atoms with Gasteiger partial charge in [-0.05, 0) is 0 Å². The molecule has 6 heteroatoms. The van der Waals surface area contributed by atoms with E-state index in [1.54, 1.807) is 20.9 Å². The number of nitrogens with zero attached hydrogens (tertiary/aromatic N) is 2. The number of carbonyl (C=O) groups is 3. The fourth-order valence-corrected chi connectivity index (χ4v) is 1.79. The predicted molar refractivity (Wildman–Crippen MR) is 68.2 cm³/mol. The van der Waals surface area contributed by atoms with E-state index < -0.39 is 11.7 Å². The van der Waals surface area contributed by atoms with Crippen LogP contribution >= 0.6 is 0 Å². The van der Waals surface area contributed by atoms with Crippen molar-refractivity contribution < 1.29 is 19.1 Å². The summed E-state index contributed by atoms with van der Waals surface area (Å²) in [6.07, 6.45) is 0.290. The maximum absolute atomic E-state index is 12.3. The molecular weight excluding hydrogens is 248 g/mol. The molecule has 0 aliphatic heterocycles. The average Bonchev–Trinajstić information content (AvgIpc) is 2.79. The minimum Gasteiger partial charge on any atom is -0.481 e. The first-order chi connectivity index (χ1) is 8.96. The molecule has 0 saturated heterocycles. The van der Waals surface area contributed by atoms with Crippen LogP contribution < -0.4 is 4.74 Å². The Hall–Kier alpha value is -1.98. The monoisotopic (exact) mass is 266 g/mol. The summed E-state index contributed by atoms with van der Waals surface area (Å²) in [6.45, 7) is 3.26. The normalized spacial score (nSPS) is 10.6. The molecule has 0 aliphatic rings. The molecule has 0 aromatic carbocycles. The number of ketones is 3. The number of aromatic nitrogens is 2. The average molecular weight is 266 g/mol. The van der Waals surface area contributed by atoms with Gasteiger partial charge in [-0.2, -0.15) is 5.10 Å². The fraction of sp³-hybridized carbons (Fsp3) is 0.538. The van der Waals surface area contributed by atoms with E-state index in [0.717, 1.165) is 0 Å². The molecule has 0 unspecified atom stereocenters. The van der Waals surface area contributed by atoms with Crippen LogP contribution in [0.15, 0.2) is 6.07 Å². The van der Waals surface area contributed by atoms with E-state index in [2.05, 4.69) is 5.10 Å². The van der Waals surface area contributed by atoms with Gasteiger partial charge in [-0.1, -0.05) is 13.8 Å². The standard InChI is InChI=1S/C13H18N2O4/c1-5-9(16)12(10(17)6-2)13(18)8-7-11(19-4)15(3)14-8/h7,12H,5-6H2,1-4H3. The second kappa shape index (κ2) is 6.26. The molecule has 1 heterocycles. The van der Waals surface area contributed by atoms with Gasteiger partial charge in [-0.25, -0.2) is 4.68 Å². The lowest BCUT2D eigenvalue weighted by atomic mass is 9.90. The maximum Gasteiger partial charge on any atom is 0.211 e. The van der Waals surface area contributed by atoms with Crippen LogP contribution in [0.1, 0.15) is 37.2 Å². The summed E-state index contributed by atoms with van der Waals surface area (Å²) in [5.41, 5.74) is 0.0768. The molecule has 19 heavy (non-hydrogen) atoms. The Balaban J connectivity index is 3.11. The Morgan fingerprint density at radius 3 is 2.16 bits per heavy atom. The molecule has 6 nitrogen and oxygen atoms in total. The van der Waals surface area contributed by atoms with Gasteiger partial charge in [0.2, 0.25) is 11.7 Å². The van der Waals surface area contributed by atoms with E-state index in [0.29, 0.717) is 5.88 Å². The van der Waals surface area contributed by atoms with Crippen LogP contribution in [0.2, 0.25) is 0 Å². The smallest absolute Gasteiger partial charge is 0.211 e. The van der Waals surface area contributed by atoms with Crippen molar-refractivity contribution in [1.82, 2.24) is 9.78 Å². The van der Waals surface area contributed by atoms with Crippen LogP contribution in [0.25, 0.3) is 0 Å². The summed E-state index contributed by atoms with van der Waals surface area (Å²) in [5.74, 6) is -2.15. The summed E-state index contributed by atoms with van der Waals surface area (Å²) in [4.78, 5) is 35.8. The molecular formula is C13H18N2O4. The topological polar surface area (TPSA) is 78.3 Å². The second-order valence-corrected chi connectivity index (χ2v) is 4.13. The third-order valence-corrected chi connectivity index (χ3v) is 2.90. The van der Waals surface area contributed by atoms with Crippen molar-refractivity contribution in [2.45, 2.75) is 26.7 Å². The molecule has 1 aromatic heterocycles. The van der Waals surface area contributed by atoms with Crippen molar-refractivity contribution >= 4 is 17.3 Å². The van der Waals surface area contributed by atoms with Crippen molar-refractivity contribution in [3.8, 4) is 5.88 Å². The van der Waals surface area contributed by atoms with Crippen LogP contribution in [0.3, 0.4) is 0 Å². The van der Waals surface area contributed by atoms with E-state index >= 15 is 0 Å². The molecule has 1 rings (SSSR count). The van der Waals surface area contributed by atoms with E-state index in [1.165, 1.54) is 17.9 Å². The highest BCUT2D eigenvalue weighted by Crippen LogP contribution is 2.18. The number of aryl methyl sites for hydroxylation is 1. The number of ether oxygens (including phenoxy) is 1. The lowest BCUT2D eigenvalue weighted by Crippen LogP contribution is -2.31. The van der Waals surface area contributed by atoms with Gasteiger partial charge in [0.1, 0.15) is 11.6 Å². The second-order valence-electron chi connectivity index (χ2n) is 4.13. The Bertz CT molecular complexity index is 489. The zero-order valence-electron chi connectivity index (χ0n) is 11.6. The Kier molecular flexibility index (Phi) is 4.97. The van der Waals surface area contributed by atoms with Gasteiger partial charge < -0.3 is 4.74 Å². The van der Waals surface area contributed by atoms with Crippen LogP contribution in [-0.4, -0.2) is 34.2 Å². The molecule has 104 valence electrons. The third kappa shape index (κ3) is 3.07. The van der Waals surface area contributed by atoms with Crippen molar-refractivity contribution in [2.75, 3.05) is 7.11 Å². The summed E-state index contributed by atoms with van der Waals surface area (Å²) in [6, 6.07) is 1.43. The minimum absolute atomic E-state index is 0.0768. The Morgan fingerprint density at radius 2 is 1.79 bits per heavy atom. The SMILES string of the molecule is CCC(=O)C(C(=O)CC)C(=O)c1cc(OC)n(C)n1. The Morgan fingerprint density at radius 1 is 1.26 bits per heavy atom. The molecule has 0 atom stereocenters. The van der Waals surface area contributed by atoms with Crippen molar-refractivity contribution in [2.24, 2.45) is 13.0 Å². The lowest BCUT2D eigenvalue weighted by molar-refractivity contribution is -0.130. The van der Waals surface area contributed by atoms with Crippen molar-refractivity contribution in [3.05, 3.63) is 11.8 Å². The van der Waals surface area contributed by atoms with E-state index in [9.17, 15) is 14.4 Å². The van der Waals surface area contributed by atoms with Crippen LogP contribution in [0.5, 0.6) is 5.88 Å². The number of hydrogen-bond donors (Lipinski definition) is 0. The molecule has 0 saturated carbocycles. The van der Waals surface area contributed by atoms with Gasteiger partial charge in [0.25, 0.3) is 0 Å². The van der Waals surface area contributed by atoms with Gasteiger partial charge >= 0.3 is 0 Å². The van der Waals surface area contributed by atoms with Crippen molar-refractivity contribution in [3.63, 3.8) is 0 Å². The lowest BCUT2D eigenvalue weighted by Gasteiger charge is -2.09. The van der Waals surface area contributed by atoms with Crippen molar-refractivity contribution in [1.29, 1.82) is 0 Å². The zero-order valence-corrected chi connectivity index (χ0v) is 11.6. The predicted octanol–water partition coefficient (Wildman–Crippen LogP) is 1.19. The van der Waals surface area contributed by atoms with Gasteiger partial charge in [0.15, 0.2) is 11.6 Å². The molecule has 0 radical (unpaired) electrons. The molecule has 0 spiro atoms. The van der Waals surface area contributed by atoms with E-state index in [4.69, 9.17) is 4.74 Å². The first-order valence-electron chi connectivity index (χ1n) is 6.13.